The van der Waals surface area contributed by atoms with Gasteiger partial charge >= 0.3 is 6.09 Å². The Morgan fingerprint density at radius 2 is 2.44 bits per heavy atom. The number of hydrogen-bond acceptors (Lipinski definition) is 3. The number of amides is 1. The smallest absolute Gasteiger partial charge is 0.407 e. The van der Waals surface area contributed by atoms with Gasteiger partial charge in [-0.15, -0.1) is 0 Å². The Morgan fingerprint density at radius 1 is 1.67 bits per heavy atom. The minimum atomic E-state index is -0.902. The van der Waals surface area contributed by atoms with Crippen molar-refractivity contribution in [3.05, 3.63) is 29.1 Å². The number of piperidine rings is 1. The van der Waals surface area contributed by atoms with Crippen LogP contribution in [0.2, 0.25) is 0 Å². The summed E-state index contributed by atoms with van der Waals surface area (Å²) in [5, 5.41) is 23.8. The van der Waals surface area contributed by atoms with Crippen molar-refractivity contribution in [2.45, 2.75) is 25.8 Å². The third-order valence-electron chi connectivity index (χ3n) is 3.19. The fraction of sp³-hybridized carbons (Fsp3) is 0.500. The first-order valence-electron chi connectivity index (χ1n) is 6.01. The number of nitrogens with zero attached hydrogens (tertiary/aromatic N) is 2. The first-order valence-corrected chi connectivity index (χ1v) is 6.01. The molecule has 1 aromatic rings. The van der Waals surface area contributed by atoms with E-state index in [9.17, 15) is 10.0 Å². The maximum atomic E-state index is 11.7. The Bertz CT molecular complexity index is 430. The number of hydrogen-bond donors (Lipinski definition) is 2. The summed E-state index contributed by atoms with van der Waals surface area (Å²) >= 11 is 0. The quantitative estimate of drug-likeness (QED) is 0.611. The van der Waals surface area contributed by atoms with Crippen molar-refractivity contribution >= 4 is 11.9 Å². The van der Waals surface area contributed by atoms with Crippen LogP contribution in [0.25, 0.3) is 0 Å². The van der Waals surface area contributed by atoms with Gasteiger partial charge < -0.3 is 15.2 Å². The first kappa shape index (κ1) is 12.5. The van der Waals surface area contributed by atoms with Gasteiger partial charge in [-0.25, -0.2) is 9.52 Å². The summed E-state index contributed by atoms with van der Waals surface area (Å²) in [5.41, 5.74) is 0.861. The van der Waals surface area contributed by atoms with Gasteiger partial charge in [0, 0.05) is 12.1 Å². The molecule has 98 valence electrons. The highest BCUT2D eigenvalue weighted by Gasteiger charge is 2.26. The zero-order chi connectivity index (χ0) is 13.1. The molecule has 18 heavy (non-hydrogen) atoms. The molecule has 6 nitrogen and oxygen atoms in total. The van der Waals surface area contributed by atoms with Gasteiger partial charge in [-0.1, -0.05) is 0 Å². The summed E-state index contributed by atoms with van der Waals surface area (Å²) < 4.78 is 0.787. The molecule has 1 aliphatic heterocycles. The SMILES string of the molecule is Cc1ccc[n+]([O-])c1N[C@@H]1CCCN(C(=O)O)C1. The number of nitrogens with one attached hydrogen (secondary N) is 1. The number of likely N-dealkylation sites (tertiary alicyclic amines) is 1. The maximum absolute atomic E-state index is 11.7. The van der Waals surface area contributed by atoms with Crippen LogP contribution in [0.4, 0.5) is 10.6 Å². The number of anilines is 1. The minimum absolute atomic E-state index is 0.00356. The van der Waals surface area contributed by atoms with Gasteiger partial charge in [0.15, 0.2) is 0 Å². The molecular weight excluding hydrogens is 234 g/mol. The van der Waals surface area contributed by atoms with E-state index in [0.717, 1.165) is 23.1 Å². The average Bonchev–Trinajstić information content (AvgIpc) is 2.34. The Labute approximate surface area is 105 Å². The summed E-state index contributed by atoms with van der Waals surface area (Å²) in [4.78, 5) is 12.3. The van der Waals surface area contributed by atoms with Gasteiger partial charge in [0.05, 0.1) is 12.7 Å². The molecule has 1 aliphatic rings. The summed E-state index contributed by atoms with van der Waals surface area (Å²) in [6, 6.07) is 3.54. The molecule has 0 saturated carbocycles. The van der Waals surface area contributed by atoms with Crippen molar-refractivity contribution in [3.63, 3.8) is 0 Å². The molecule has 2 heterocycles. The van der Waals surface area contributed by atoms with Crippen LogP contribution in [0.1, 0.15) is 18.4 Å². The predicted molar refractivity (Wildman–Crippen MR) is 66.4 cm³/mol. The van der Waals surface area contributed by atoms with E-state index in [0.29, 0.717) is 18.9 Å². The lowest BCUT2D eigenvalue weighted by atomic mass is 10.1. The number of rotatable bonds is 2. The standard InChI is InChI=1S/C12H17N3O3/c1-9-4-2-7-15(18)11(9)13-10-5-3-6-14(8-10)12(16)17/h2,4,7,10,13H,3,5-6,8H2,1H3,(H,16,17)/t10-/m1/s1. The van der Waals surface area contributed by atoms with Crippen LogP contribution in [-0.2, 0) is 0 Å². The van der Waals surface area contributed by atoms with Crippen LogP contribution in [-0.4, -0.2) is 35.2 Å². The molecule has 1 amide bonds. The van der Waals surface area contributed by atoms with Gasteiger partial charge in [0.2, 0.25) is 0 Å². The predicted octanol–water partition coefficient (Wildman–Crippen LogP) is 1.18. The van der Waals surface area contributed by atoms with Crippen LogP contribution < -0.4 is 10.0 Å². The molecule has 1 aromatic heterocycles. The Morgan fingerprint density at radius 3 is 3.11 bits per heavy atom. The highest BCUT2D eigenvalue weighted by Crippen LogP contribution is 2.16. The van der Waals surface area contributed by atoms with E-state index in [1.54, 1.807) is 6.07 Å². The largest absolute Gasteiger partial charge is 0.711 e. The molecule has 1 atom stereocenters. The first-order chi connectivity index (χ1) is 8.58. The molecular formula is C12H17N3O3. The second kappa shape index (κ2) is 5.12. The third kappa shape index (κ3) is 2.64. The second-order valence-corrected chi connectivity index (χ2v) is 4.58. The topological polar surface area (TPSA) is 79.5 Å². The zero-order valence-electron chi connectivity index (χ0n) is 10.3. The van der Waals surface area contributed by atoms with Crippen molar-refractivity contribution in [2.24, 2.45) is 0 Å². The average molecular weight is 251 g/mol. The van der Waals surface area contributed by atoms with Crippen LogP contribution in [0.5, 0.6) is 0 Å². The van der Waals surface area contributed by atoms with Gasteiger partial charge in [-0.2, -0.15) is 0 Å². The molecule has 0 radical (unpaired) electrons. The molecule has 2 rings (SSSR count). The van der Waals surface area contributed by atoms with Gasteiger partial charge in [-0.05, 0) is 31.9 Å². The molecule has 0 spiro atoms. The van der Waals surface area contributed by atoms with E-state index in [1.165, 1.54) is 11.1 Å². The van der Waals surface area contributed by atoms with Crippen molar-refractivity contribution in [1.82, 2.24) is 4.90 Å². The number of aryl methyl sites for hydroxylation is 1. The van der Waals surface area contributed by atoms with Gasteiger partial charge in [0.25, 0.3) is 5.82 Å². The minimum Gasteiger partial charge on any atom is -0.711 e. The Balaban J connectivity index is 2.07. The zero-order valence-corrected chi connectivity index (χ0v) is 10.3. The summed E-state index contributed by atoms with van der Waals surface area (Å²) in [6.07, 6.45) is 2.22. The maximum Gasteiger partial charge on any atom is 0.407 e. The fourth-order valence-corrected chi connectivity index (χ4v) is 2.23. The monoisotopic (exact) mass is 251 g/mol. The lowest BCUT2D eigenvalue weighted by Gasteiger charge is -2.29. The Kier molecular flexibility index (Phi) is 3.55. The lowest BCUT2D eigenvalue weighted by molar-refractivity contribution is -0.590. The summed E-state index contributed by atoms with van der Waals surface area (Å²) in [7, 11) is 0. The molecule has 0 bridgehead atoms. The Hall–Kier alpha value is -1.98. The number of aromatic nitrogens is 1. The van der Waals surface area contributed by atoms with E-state index in [2.05, 4.69) is 5.32 Å². The van der Waals surface area contributed by atoms with Crippen LogP contribution >= 0.6 is 0 Å². The second-order valence-electron chi connectivity index (χ2n) is 4.58. The van der Waals surface area contributed by atoms with E-state index < -0.39 is 6.09 Å². The fourth-order valence-electron chi connectivity index (χ4n) is 2.23. The third-order valence-corrected chi connectivity index (χ3v) is 3.19. The van der Waals surface area contributed by atoms with Crippen molar-refractivity contribution in [2.75, 3.05) is 18.4 Å². The molecule has 1 saturated heterocycles. The molecule has 0 aromatic carbocycles. The van der Waals surface area contributed by atoms with Gasteiger partial charge in [-0.3, -0.25) is 5.32 Å². The number of carbonyl (C=O) groups is 1. The molecule has 6 heteroatoms. The summed E-state index contributed by atoms with van der Waals surface area (Å²) in [6.45, 7) is 2.84. The van der Waals surface area contributed by atoms with Crippen LogP contribution in [0, 0.1) is 12.1 Å². The number of carboxylic acid groups (broad SMARTS) is 1. The highest BCUT2D eigenvalue weighted by molar-refractivity contribution is 5.65. The van der Waals surface area contributed by atoms with Crippen molar-refractivity contribution < 1.29 is 14.6 Å². The van der Waals surface area contributed by atoms with Crippen molar-refractivity contribution in [3.8, 4) is 0 Å². The van der Waals surface area contributed by atoms with Crippen molar-refractivity contribution in [1.29, 1.82) is 0 Å². The van der Waals surface area contributed by atoms with E-state index in [4.69, 9.17) is 5.11 Å². The van der Waals surface area contributed by atoms with Crippen LogP contribution in [0.3, 0.4) is 0 Å². The number of pyridine rings is 1. The van der Waals surface area contributed by atoms with E-state index in [-0.39, 0.29) is 6.04 Å². The molecule has 0 unspecified atom stereocenters. The summed E-state index contributed by atoms with van der Waals surface area (Å²) in [5.74, 6) is 0.509. The molecule has 1 fully saturated rings. The van der Waals surface area contributed by atoms with Crippen LogP contribution in [0.15, 0.2) is 18.3 Å². The van der Waals surface area contributed by atoms with E-state index >= 15 is 0 Å². The molecule has 2 N–H and O–H groups in total. The van der Waals surface area contributed by atoms with Gasteiger partial charge in [0.1, 0.15) is 6.04 Å². The highest BCUT2D eigenvalue weighted by atomic mass is 16.5. The van der Waals surface area contributed by atoms with E-state index in [1.807, 2.05) is 13.0 Å². The molecule has 0 aliphatic carbocycles. The lowest BCUT2D eigenvalue weighted by Crippen LogP contribution is -2.46. The normalized spacial score (nSPS) is 19.6.